The van der Waals surface area contributed by atoms with Crippen LogP contribution in [0.1, 0.15) is 11.3 Å². The Morgan fingerprint density at radius 2 is 2.00 bits per heavy atom. The summed E-state index contributed by atoms with van der Waals surface area (Å²) in [7, 11) is 0. The van der Waals surface area contributed by atoms with Gasteiger partial charge in [0.1, 0.15) is 5.82 Å². The SMILES string of the molecule is Cl.Cl.Nc1ccc2c(n1)CNC2. The molecule has 1 aliphatic heterocycles. The van der Waals surface area contributed by atoms with Crippen molar-refractivity contribution in [3.63, 3.8) is 0 Å². The number of hydrogen-bond acceptors (Lipinski definition) is 3. The van der Waals surface area contributed by atoms with E-state index in [-0.39, 0.29) is 24.8 Å². The zero-order valence-corrected chi connectivity index (χ0v) is 8.04. The van der Waals surface area contributed by atoms with E-state index in [9.17, 15) is 0 Å². The Labute approximate surface area is 83.6 Å². The summed E-state index contributed by atoms with van der Waals surface area (Å²) in [6, 6.07) is 3.86. The van der Waals surface area contributed by atoms with Crippen LogP contribution in [0.2, 0.25) is 0 Å². The van der Waals surface area contributed by atoms with E-state index >= 15 is 0 Å². The summed E-state index contributed by atoms with van der Waals surface area (Å²) in [5, 5.41) is 3.20. The van der Waals surface area contributed by atoms with Crippen molar-refractivity contribution in [1.29, 1.82) is 0 Å². The summed E-state index contributed by atoms with van der Waals surface area (Å²) in [5.74, 6) is 0.613. The molecule has 0 saturated heterocycles. The van der Waals surface area contributed by atoms with Crippen molar-refractivity contribution in [1.82, 2.24) is 10.3 Å². The zero-order chi connectivity index (χ0) is 6.97. The molecule has 3 nitrogen and oxygen atoms in total. The third-order valence-electron chi connectivity index (χ3n) is 1.70. The van der Waals surface area contributed by atoms with E-state index in [1.165, 1.54) is 5.56 Å². The summed E-state index contributed by atoms with van der Waals surface area (Å²) in [5.41, 5.74) is 7.86. The quantitative estimate of drug-likeness (QED) is 0.671. The van der Waals surface area contributed by atoms with E-state index in [1.807, 2.05) is 12.1 Å². The molecule has 68 valence electrons. The first-order chi connectivity index (χ1) is 4.86. The molecule has 3 N–H and O–H groups in total. The molecule has 5 heteroatoms. The van der Waals surface area contributed by atoms with Crippen LogP contribution in [-0.4, -0.2) is 4.98 Å². The van der Waals surface area contributed by atoms with E-state index in [0.29, 0.717) is 5.82 Å². The number of halogens is 2. The average molecular weight is 208 g/mol. The van der Waals surface area contributed by atoms with Gasteiger partial charge in [-0.1, -0.05) is 6.07 Å². The summed E-state index contributed by atoms with van der Waals surface area (Å²) in [6.07, 6.45) is 0. The van der Waals surface area contributed by atoms with Crippen molar-refractivity contribution in [2.45, 2.75) is 13.1 Å². The molecule has 2 heterocycles. The topological polar surface area (TPSA) is 50.9 Å². The fraction of sp³-hybridized carbons (Fsp3) is 0.286. The van der Waals surface area contributed by atoms with Gasteiger partial charge >= 0.3 is 0 Å². The van der Waals surface area contributed by atoms with Gasteiger partial charge in [-0.3, -0.25) is 0 Å². The van der Waals surface area contributed by atoms with Crippen LogP contribution in [0.15, 0.2) is 12.1 Å². The molecule has 1 aromatic rings. The lowest BCUT2D eigenvalue weighted by Gasteiger charge is -1.95. The summed E-state index contributed by atoms with van der Waals surface area (Å²) in [4.78, 5) is 4.17. The Balaban J connectivity index is 0.000000605. The molecule has 0 radical (unpaired) electrons. The number of aromatic nitrogens is 1. The zero-order valence-electron chi connectivity index (χ0n) is 6.41. The van der Waals surface area contributed by atoms with Gasteiger partial charge in [0.2, 0.25) is 0 Å². The highest BCUT2D eigenvalue weighted by Crippen LogP contribution is 2.13. The van der Waals surface area contributed by atoms with Gasteiger partial charge in [-0.25, -0.2) is 4.98 Å². The number of nitrogens with one attached hydrogen (secondary N) is 1. The molecule has 0 bridgehead atoms. The lowest BCUT2D eigenvalue weighted by Crippen LogP contribution is -2.00. The molecular formula is C7H11Cl2N3. The molecule has 0 spiro atoms. The standard InChI is InChI=1S/C7H9N3.2ClH/c8-7-2-1-5-3-9-4-6(5)10-7;;/h1-2,9H,3-4H2,(H2,8,10);2*1H. The molecule has 0 amide bonds. The molecule has 12 heavy (non-hydrogen) atoms. The third kappa shape index (κ3) is 2.00. The van der Waals surface area contributed by atoms with E-state index in [1.54, 1.807) is 0 Å². The first kappa shape index (κ1) is 11.5. The fourth-order valence-electron chi connectivity index (χ4n) is 1.18. The Morgan fingerprint density at radius 3 is 2.75 bits per heavy atom. The van der Waals surface area contributed by atoms with Crippen LogP contribution in [0, 0.1) is 0 Å². The van der Waals surface area contributed by atoms with Crippen LogP contribution in [0.4, 0.5) is 5.82 Å². The number of hydrogen-bond donors (Lipinski definition) is 2. The second-order valence-corrected chi connectivity index (χ2v) is 2.45. The molecule has 2 rings (SSSR count). The van der Waals surface area contributed by atoms with Gasteiger partial charge in [0.15, 0.2) is 0 Å². The first-order valence-corrected chi connectivity index (χ1v) is 3.31. The van der Waals surface area contributed by atoms with E-state index in [2.05, 4.69) is 10.3 Å². The number of nitrogens with zero attached hydrogens (tertiary/aromatic N) is 1. The van der Waals surface area contributed by atoms with Gasteiger partial charge in [-0.05, 0) is 11.6 Å². The van der Waals surface area contributed by atoms with Crippen molar-refractivity contribution in [3.05, 3.63) is 23.4 Å². The summed E-state index contributed by atoms with van der Waals surface area (Å²) >= 11 is 0. The van der Waals surface area contributed by atoms with Crippen LogP contribution in [0.25, 0.3) is 0 Å². The smallest absolute Gasteiger partial charge is 0.123 e. The number of rotatable bonds is 0. The normalized spacial score (nSPS) is 12.7. The lowest BCUT2D eigenvalue weighted by molar-refractivity contribution is 0.758. The van der Waals surface area contributed by atoms with Crippen molar-refractivity contribution >= 4 is 30.6 Å². The van der Waals surface area contributed by atoms with Gasteiger partial charge in [0.25, 0.3) is 0 Å². The minimum absolute atomic E-state index is 0. The number of fused-ring (bicyclic) bond motifs is 1. The Kier molecular flexibility index (Phi) is 4.31. The fourth-order valence-corrected chi connectivity index (χ4v) is 1.18. The van der Waals surface area contributed by atoms with Gasteiger partial charge in [0.05, 0.1) is 5.69 Å². The number of anilines is 1. The van der Waals surface area contributed by atoms with Crippen LogP contribution in [0.5, 0.6) is 0 Å². The van der Waals surface area contributed by atoms with Gasteiger partial charge < -0.3 is 11.1 Å². The van der Waals surface area contributed by atoms with Crippen LogP contribution < -0.4 is 11.1 Å². The van der Waals surface area contributed by atoms with Crippen molar-refractivity contribution < 1.29 is 0 Å². The van der Waals surface area contributed by atoms with Crippen LogP contribution >= 0.6 is 24.8 Å². The largest absolute Gasteiger partial charge is 0.384 e. The lowest BCUT2D eigenvalue weighted by atomic mass is 10.2. The molecule has 0 saturated carbocycles. The Bertz CT molecular complexity index is 265. The predicted octanol–water partition coefficient (Wildman–Crippen LogP) is 1.11. The highest BCUT2D eigenvalue weighted by molar-refractivity contribution is 5.85. The maximum Gasteiger partial charge on any atom is 0.123 e. The second kappa shape index (κ2) is 4.50. The maximum atomic E-state index is 5.49. The second-order valence-electron chi connectivity index (χ2n) is 2.45. The number of nitrogen functional groups attached to an aromatic ring is 1. The summed E-state index contributed by atoms with van der Waals surface area (Å²) in [6.45, 7) is 1.79. The minimum Gasteiger partial charge on any atom is -0.384 e. The maximum absolute atomic E-state index is 5.49. The van der Waals surface area contributed by atoms with E-state index in [4.69, 9.17) is 5.73 Å². The molecular weight excluding hydrogens is 197 g/mol. The van der Waals surface area contributed by atoms with E-state index < -0.39 is 0 Å². The van der Waals surface area contributed by atoms with Crippen molar-refractivity contribution in [2.24, 2.45) is 0 Å². The van der Waals surface area contributed by atoms with Crippen molar-refractivity contribution in [2.75, 3.05) is 5.73 Å². The average Bonchev–Trinajstić information content (AvgIpc) is 2.33. The molecule has 1 aliphatic rings. The van der Waals surface area contributed by atoms with Crippen molar-refractivity contribution in [3.8, 4) is 0 Å². The third-order valence-corrected chi connectivity index (χ3v) is 1.70. The van der Waals surface area contributed by atoms with Crippen LogP contribution in [0.3, 0.4) is 0 Å². The minimum atomic E-state index is 0. The summed E-state index contributed by atoms with van der Waals surface area (Å²) < 4.78 is 0. The van der Waals surface area contributed by atoms with E-state index in [0.717, 1.165) is 18.8 Å². The highest BCUT2D eigenvalue weighted by atomic mass is 35.5. The Hall–Kier alpha value is -0.510. The van der Waals surface area contributed by atoms with Crippen LogP contribution in [-0.2, 0) is 13.1 Å². The predicted molar refractivity (Wildman–Crippen MR) is 53.7 cm³/mol. The molecule has 0 fully saturated rings. The first-order valence-electron chi connectivity index (χ1n) is 3.31. The van der Waals surface area contributed by atoms with Gasteiger partial charge in [-0.15, -0.1) is 24.8 Å². The number of pyridine rings is 1. The highest BCUT2D eigenvalue weighted by Gasteiger charge is 2.09. The molecule has 0 aliphatic carbocycles. The molecule has 0 aromatic carbocycles. The number of nitrogens with two attached hydrogens (primary N) is 1. The molecule has 0 unspecified atom stereocenters. The van der Waals surface area contributed by atoms with Gasteiger partial charge in [-0.2, -0.15) is 0 Å². The molecule has 1 aromatic heterocycles. The van der Waals surface area contributed by atoms with Gasteiger partial charge in [0, 0.05) is 13.1 Å². The monoisotopic (exact) mass is 207 g/mol. The molecule has 0 atom stereocenters. The Morgan fingerprint density at radius 1 is 1.25 bits per heavy atom.